The van der Waals surface area contributed by atoms with E-state index in [2.05, 4.69) is 0 Å². The van der Waals surface area contributed by atoms with Crippen molar-refractivity contribution in [3.05, 3.63) is 64.5 Å². The molecule has 0 radical (unpaired) electrons. The number of piperidine rings is 1. The number of nitro benzene ring substituents is 1. The highest BCUT2D eigenvalue weighted by Gasteiger charge is 2.25. The van der Waals surface area contributed by atoms with Gasteiger partial charge in [0.15, 0.2) is 0 Å². The Morgan fingerprint density at radius 2 is 1.88 bits per heavy atom. The SMILES string of the molecule is O=[N+]([O-])c1cc(F)ccc1N1CCC(COc2ccccc2)CC1. The van der Waals surface area contributed by atoms with E-state index < -0.39 is 10.7 Å². The third kappa shape index (κ3) is 3.82. The maximum Gasteiger partial charge on any atom is 0.295 e. The van der Waals surface area contributed by atoms with Gasteiger partial charge >= 0.3 is 0 Å². The number of nitrogens with zero attached hydrogens (tertiary/aromatic N) is 2. The van der Waals surface area contributed by atoms with Crippen molar-refractivity contribution in [3.8, 4) is 5.75 Å². The average Bonchev–Trinajstić information content (AvgIpc) is 2.61. The summed E-state index contributed by atoms with van der Waals surface area (Å²) in [6.07, 6.45) is 1.78. The molecule has 2 aromatic rings. The lowest BCUT2D eigenvalue weighted by atomic mass is 9.97. The number of nitro groups is 1. The van der Waals surface area contributed by atoms with Crippen LogP contribution in [0.5, 0.6) is 5.75 Å². The van der Waals surface area contributed by atoms with Crippen LogP contribution in [0.3, 0.4) is 0 Å². The fourth-order valence-electron chi connectivity index (χ4n) is 2.98. The minimum absolute atomic E-state index is 0.172. The Balaban J connectivity index is 1.58. The van der Waals surface area contributed by atoms with E-state index in [1.165, 1.54) is 12.1 Å². The Labute approximate surface area is 139 Å². The van der Waals surface area contributed by atoms with Crippen LogP contribution in [0.1, 0.15) is 12.8 Å². The number of rotatable bonds is 5. The third-order valence-electron chi connectivity index (χ3n) is 4.32. The quantitative estimate of drug-likeness (QED) is 0.613. The smallest absolute Gasteiger partial charge is 0.295 e. The maximum atomic E-state index is 13.3. The number of anilines is 1. The summed E-state index contributed by atoms with van der Waals surface area (Å²) in [5, 5.41) is 11.1. The van der Waals surface area contributed by atoms with Crippen molar-refractivity contribution in [3.63, 3.8) is 0 Å². The molecule has 0 aromatic heterocycles. The van der Waals surface area contributed by atoms with Gasteiger partial charge in [0.1, 0.15) is 17.3 Å². The third-order valence-corrected chi connectivity index (χ3v) is 4.32. The topological polar surface area (TPSA) is 55.6 Å². The van der Waals surface area contributed by atoms with Crippen LogP contribution in [-0.2, 0) is 0 Å². The molecule has 6 heteroatoms. The van der Waals surface area contributed by atoms with Gasteiger partial charge in [-0.05, 0) is 43.0 Å². The molecule has 0 saturated carbocycles. The molecule has 24 heavy (non-hydrogen) atoms. The zero-order valence-electron chi connectivity index (χ0n) is 13.2. The first-order valence-electron chi connectivity index (χ1n) is 8.00. The van der Waals surface area contributed by atoms with Gasteiger partial charge in [0.05, 0.1) is 17.6 Å². The summed E-state index contributed by atoms with van der Waals surface area (Å²) >= 11 is 0. The van der Waals surface area contributed by atoms with E-state index in [0.29, 0.717) is 31.3 Å². The van der Waals surface area contributed by atoms with Gasteiger partial charge < -0.3 is 9.64 Å². The monoisotopic (exact) mass is 330 g/mol. The molecule has 0 amide bonds. The fourth-order valence-corrected chi connectivity index (χ4v) is 2.98. The summed E-state index contributed by atoms with van der Waals surface area (Å²) in [4.78, 5) is 12.6. The van der Waals surface area contributed by atoms with Crippen LogP contribution in [0.25, 0.3) is 0 Å². The van der Waals surface area contributed by atoms with Crippen molar-refractivity contribution in [1.29, 1.82) is 0 Å². The molecule has 1 aliphatic rings. The molecule has 2 aromatic carbocycles. The van der Waals surface area contributed by atoms with Gasteiger partial charge in [-0.3, -0.25) is 10.1 Å². The molecular weight excluding hydrogens is 311 g/mol. The van der Waals surface area contributed by atoms with E-state index >= 15 is 0 Å². The Hall–Kier alpha value is -2.63. The molecule has 0 aliphatic carbocycles. The van der Waals surface area contributed by atoms with Crippen molar-refractivity contribution < 1.29 is 14.1 Å². The second-order valence-electron chi connectivity index (χ2n) is 5.94. The number of benzene rings is 2. The molecule has 3 rings (SSSR count). The van der Waals surface area contributed by atoms with Gasteiger partial charge in [-0.25, -0.2) is 4.39 Å². The highest BCUT2D eigenvalue weighted by Crippen LogP contribution is 2.32. The van der Waals surface area contributed by atoms with E-state index in [1.807, 2.05) is 35.2 Å². The molecule has 126 valence electrons. The van der Waals surface area contributed by atoms with Crippen molar-refractivity contribution in [2.45, 2.75) is 12.8 Å². The van der Waals surface area contributed by atoms with E-state index in [0.717, 1.165) is 24.7 Å². The summed E-state index contributed by atoms with van der Waals surface area (Å²) < 4.78 is 19.0. The van der Waals surface area contributed by atoms with Crippen LogP contribution in [0.15, 0.2) is 48.5 Å². The van der Waals surface area contributed by atoms with Crippen LogP contribution < -0.4 is 9.64 Å². The van der Waals surface area contributed by atoms with Crippen LogP contribution in [0.2, 0.25) is 0 Å². The molecule has 5 nitrogen and oxygen atoms in total. The molecule has 0 atom stereocenters. The summed E-state index contributed by atoms with van der Waals surface area (Å²) in [7, 11) is 0. The lowest BCUT2D eigenvalue weighted by Gasteiger charge is -2.33. The molecule has 1 aliphatic heterocycles. The first kappa shape index (κ1) is 16.2. The summed E-state index contributed by atoms with van der Waals surface area (Å²) in [6, 6.07) is 13.4. The summed E-state index contributed by atoms with van der Waals surface area (Å²) in [5.74, 6) is 0.687. The Morgan fingerprint density at radius 1 is 1.17 bits per heavy atom. The molecule has 0 spiro atoms. The van der Waals surface area contributed by atoms with Gasteiger partial charge in [0.2, 0.25) is 0 Å². The number of hydrogen-bond acceptors (Lipinski definition) is 4. The molecule has 1 fully saturated rings. The van der Waals surface area contributed by atoms with E-state index in [4.69, 9.17) is 4.74 Å². The standard InChI is InChI=1S/C18H19FN2O3/c19-15-6-7-17(18(12-15)21(22)23)20-10-8-14(9-11-20)13-24-16-4-2-1-3-5-16/h1-7,12,14H,8-11,13H2. The zero-order chi connectivity index (χ0) is 16.9. The van der Waals surface area contributed by atoms with Crippen LogP contribution in [0.4, 0.5) is 15.8 Å². The Morgan fingerprint density at radius 3 is 2.54 bits per heavy atom. The first-order chi connectivity index (χ1) is 11.6. The van der Waals surface area contributed by atoms with E-state index in [-0.39, 0.29) is 5.69 Å². The van der Waals surface area contributed by atoms with Crippen molar-refractivity contribution >= 4 is 11.4 Å². The Bertz CT molecular complexity index is 701. The predicted octanol–water partition coefficient (Wildman–Crippen LogP) is 4.03. The lowest BCUT2D eigenvalue weighted by molar-refractivity contribution is -0.384. The first-order valence-corrected chi connectivity index (χ1v) is 8.00. The van der Waals surface area contributed by atoms with Gasteiger partial charge in [0.25, 0.3) is 5.69 Å². The predicted molar refractivity (Wildman–Crippen MR) is 89.9 cm³/mol. The highest BCUT2D eigenvalue weighted by molar-refractivity contribution is 5.63. The molecular formula is C18H19FN2O3. The number of hydrogen-bond donors (Lipinski definition) is 0. The number of halogens is 1. The Kier molecular flexibility index (Phi) is 4.93. The fraction of sp³-hybridized carbons (Fsp3) is 0.333. The number of para-hydroxylation sites is 1. The molecule has 0 unspecified atom stereocenters. The maximum absolute atomic E-state index is 13.3. The molecule has 0 N–H and O–H groups in total. The van der Waals surface area contributed by atoms with Crippen LogP contribution in [0, 0.1) is 21.8 Å². The van der Waals surface area contributed by atoms with E-state index in [9.17, 15) is 14.5 Å². The normalized spacial score (nSPS) is 15.3. The van der Waals surface area contributed by atoms with Crippen molar-refractivity contribution in [1.82, 2.24) is 0 Å². The van der Waals surface area contributed by atoms with Gasteiger partial charge in [0, 0.05) is 13.1 Å². The molecule has 0 bridgehead atoms. The lowest BCUT2D eigenvalue weighted by Crippen LogP contribution is -2.35. The summed E-state index contributed by atoms with van der Waals surface area (Å²) in [6.45, 7) is 2.05. The van der Waals surface area contributed by atoms with Gasteiger partial charge in [-0.2, -0.15) is 0 Å². The largest absolute Gasteiger partial charge is 0.493 e. The second-order valence-corrected chi connectivity index (χ2v) is 5.94. The molecule has 1 heterocycles. The molecule has 1 saturated heterocycles. The zero-order valence-corrected chi connectivity index (χ0v) is 13.2. The minimum Gasteiger partial charge on any atom is -0.493 e. The number of ether oxygens (including phenoxy) is 1. The van der Waals surface area contributed by atoms with Crippen molar-refractivity contribution in [2.24, 2.45) is 5.92 Å². The van der Waals surface area contributed by atoms with Crippen LogP contribution in [-0.4, -0.2) is 24.6 Å². The average molecular weight is 330 g/mol. The van der Waals surface area contributed by atoms with Gasteiger partial charge in [-0.15, -0.1) is 0 Å². The van der Waals surface area contributed by atoms with Gasteiger partial charge in [-0.1, -0.05) is 18.2 Å². The van der Waals surface area contributed by atoms with Crippen molar-refractivity contribution in [2.75, 3.05) is 24.6 Å². The van der Waals surface area contributed by atoms with E-state index in [1.54, 1.807) is 0 Å². The second kappa shape index (κ2) is 7.29. The van der Waals surface area contributed by atoms with Crippen LogP contribution >= 0.6 is 0 Å². The summed E-state index contributed by atoms with van der Waals surface area (Å²) in [5.41, 5.74) is 0.317. The minimum atomic E-state index is -0.586. The highest BCUT2D eigenvalue weighted by atomic mass is 19.1.